The number of halogens is 2. The molecule has 0 aliphatic rings. The number of amides is 2. The first-order valence-electron chi connectivity index (χ1n) is 10.5. The normalized spacial score (nSPS) is 10.8. The summed E-state index contributed by atoms with van der Waals surface area (Å²) < 4.78 is 6.82. The second kappa shape index (κ2) is 12.1. The molecule has 3 rings (SSSR count). The molecule has 0 fully saturated rings. The first-order chi connectivity index (χ1) is 16.6. The summed E-state index contributed by atoms with van der Waals surface area (Å²) in [4.78, 5) is 36.8. The Bertz CT molecular complexity index is 1250. The largest absolute Gasteiger partial charge is 0.459 e. The molecular weight excluding hydrogens is 513 g/mol. The second-order valence-electron chi connectivity index (χ2n) is 7.68. The maximum absolute atomic E-state index is 12.4. The van der Waals surface area contributed by atoms with Crippen LogP contribution in [0.15, 0.2) is 47.6 Å². The van der Waals surface area contributed by atoms with Crippen molar-refractivity contribution in [2.24, 2.45) is 7.05 Å². The van der Waals surface area contributed by atoms with E-state index in [0.29, 0.717) is 38.0 Å². The van der Waals surface area contributed by atoms with Crippen molar-refractivity contribution in [2.45, 2.75) is 31.5 Å². The zero-order valence-corrected chi connectivity index (χ0v) is 21.5. The van der Waals surface area contributed by atoms with Crippen molar-refractivity contribution >= 4 is 64.1 Å². The fourth-order valence-corrected chi connectivity index (χ4v) is 3.91. The molecule has 0 saturated carbocycles. The number of thioether (sulfide) groups is 1. The smallest absolute Gasteiger partial charge is 0.338 e. The van der Waals surface area contributed by atoms with Crippen molar-refractivity contribution in [3.05, 3.63) is 63.9 Å². The van der Waals surface area contributed by atoms with Crippen LogP contribution in [0, 0.1) is 0 Å². The van der Waals surface area contributed by atoms with E-state index in [1.807, 2.05) is 0 Å². The summed E-state index contributed by atoms with van der Waals surface area (Å²) in [6.45, 7) is 3.53. The van der Waals surface area contributed by atoms with Crippen LogP contribution >= 0.6 is 35.0 Å². The predicted molar refractivity (Wildman–Crippen MR) is 136 cm³/mol. The molecule has 1 heterocycles. The van der Waals surface area contributed by atoms with Crippen molar-refractivity contribution in [1.82, 2.24) is 14.8 Å². The molecule has 2 N–H and O–H groups in total. The Labute approximate surface area is 216 Å². The molecule has 0 atom stereocenters. The molecule has 2 amide bonds. The van der Waals surface area contributed by atoms with E-state index >= 15 is 0 Å². The second-order valence-corrected chi connectivity index (χ2v) is 9.44. The Balaban J connectivity index is 1.53. The first kappa shape index (κ1) is 26.5. The Morgan fingerprint density at radius 2 is 1.71 bits per heavy atom. The molecule has 0 aliphatic carbocycles. The van der Waals surface area contributed by atoms with Gasteiger partial charge >= 0.3 is 5.97 Å². The number of carbonyl (C=O) groups is 3. The third-order valence-corrected chi connectivity index (χ3v) is 6.26. The maximum atomic E-state index is 12.4. The number of hydrogen-bond donors (Lipinski definition) is 2. The monoisotopic (exact) mass is 535 g/mol. The predicted octanol–water partition coefficient (Wildman–Crippen LogP) is 4.60. The number of ether oxygens (including phenoxy) is 1. The Kier molecular flexibility index (Phi) is 9.13. The van der Waals surface area contributed by atoms with Crippen LogP contribution in [0.3, 0.4) is 0 Å². The van der Waals surface area contributed by atoms with Gasteiger partial charge in [-0.2, -0.15) is 0 Å². The van der Waals surface area contributed by atoms with Gasteiger partial charge in [0.1, 0.15) is 5.82 Å². The number of anilines is 2. The maximum Gasteiger partial charge on any atom is 0.338 e. The lowest BCUT2D eigenvalue weighted by atomic mass is 10.2. The highest BCUT2D eigenvalue weighted by Crippen LogP contribution is 2.25. The summed E-state index contributed by atoms with van der Waals surface area (Å²) in [6, 6.07) is 11.3. The molecule has 12 heteroatoms. The van der Waals surface area contributed by atoms with Gasteiger partial charge in [0, 0.05) is 18.4 Å². The fourth-order valence-electron chi connectivity index (χ4n) is 2.88. The summed E-state index contributed by atoms with van der Waals surface area (Å²) >= 11 is 13.0. The number of aromatic nitrogens is 3. The minimum Gasteiger partial charge on any atom is -0.459 e. The van der Waals surface area contributed by atoms with Crippen LogP contribution in [0.2, 0.25) is 10.0 Å². The summed E-state index contributed by atoms with van der Waals surface area (Å²) in [5, 5.41) is 14.8. The summed E-state index contributed by atoms with van der Waals surface area (Å²) in [5.74, 6) is -0.556. The number of nitrogens with zero attached hydrogens (tertiary/aromatic N) is 3. The molecule has 0 spiro atoms. The zero-order valence-electron chi connectivity index (χ0n) is 19.2. The van der Waals surface area contributed by atoms with E-state index in [1.54, 1.807) is 67.9 Å². The SMILES string of the molecule is CC(C)OC(=O)c1cccc(NC(=O)CSc2nnc(CC(=O)Nc3ccc(Cl)c(Cl)c3)n2C)c1. The van der Waals surface area contributed by atoms with E-state index in [0.717, 1.165) is 0 Å². The van der Waals surface area contributed by atoms with Gasteiger partial charge in [-0.05, 0) is 50.2 Å². The summed E-state index contributed by atoms with van der Waals surface area (Å²) in [7, 11) is 1.71. The van der Waals surface area contributed by atoms with E-state index in [-0.39, 0.29) is 30.1 Å². The number of rotatable bonds is 9. The van der Waals surface area contributed by atoms with Gasteiger partial charge in [0.05, 0.1) is 33.9 Å². The molecule has 3 aromatic rings. The lowest BCUT2D eigenvalue weighted by molar-refractivity contribution is -0.116. The number of benzene rings is 2. The highest BCUT2D eigenvalue weighted by atomic mass is 35.5. The lowest BCUT2D eigenvalue weighted by Crippen LogP contribution is -2.17. The van der Waals surface area contributed by atoms with E-state index in [2.05, 4.69) is 20.8 Å². The summed E-state index contributed by atoms with van der Waals surface area (Å²) in [5.41, 5.74) is 1.34. The first-order valence-corrected chi connectivity index (χ1v) is 12.2. The van der Waals surface area contributed by atoms with Crippen LogP contribution in [0.4, 0.5) is 11.4 Å². The van der Waals surface area contributed by atoms with Gasteiger partial charge in [-0.25, -0.2) is 4.79 Å². The molecule has 1 aromatic heterocycles. The summed E-state index contributed by atoms with van der Waals surface area (Å²) in [6.07, 6.45) is -0.258. The van der Waals surface area contributed by atoms with Gasteiger partial charge in [0.2, 0.25) is 11.8 Å². The number of nitrogens with one attached hydrogen (secondary N) is 2. The van der Waals surface area contributed by atoms with Crippen LogP contribution in [0.5, 0.6) is 0 Å². The minimum atomic E-state index is -0.458. The van der Waals surface area contributed by atoms with Gasteiger partial charge in [-0.15, -0.1) is 10.2 Å². The number of esters is 1. The van der Waals surface area contributed by atoms with Crippen LogP contribution < -0.4 is 10.6 Å². The highest BCUT2D eigenvalue weighted by molar-refractivity contribution is 7.99. The molecular formula is C23H23Cl2N5O4S. The van der Waals surface area contributed by atoms with E-state index in [1.165, 1.54) is 11.8 Å². The van der Waals surface area contributed by atoms with Gasteiger partial charge in [0.15, 0.2) is 5.16 Å². The van der Waals surface area contributed by atoms with E-state index < -0.39 is 5.97 Å². The average Bonchev–Trinajstić information content (AvgIpc) is 3.13. The van der Waals surface area contributed by atoms with Crippen LogP contribution in [0.1, 0.15) is 30.0 Å². The quantitative estimate of drug-likeness (QED) is 0.303. The third kappa shape index (κ3) is 7.71. The standard InChI is InChI=1S/C23H23Cl2N5O4S/c1-13(2)34-22(33)14-5-4-6-15(9-14)27-21(32)12-35-23-29-28-19(30(23)3)11-20(31)26-16-7-8-17(24)18(25)10-16/h4-10,13H,11-12H2,1-3H3,(H,26,31)(H,27,32). The van der Waals surface area contributed by atoms with Crippen molar-refractivity contribution < 1.29 is 19.1 Å². The Hall–Kier alpha value is -3.08. The van der Waals surface area contributed by atoms with Crippen LogP contribution in [-0.2, 0) is 27.8 Å². The molecule has 184 valence electrons. The topological polar surface area (TPSA) is 115 Å². The van der Waals surface area contributed by atoms with Crippen LogP contribution in [0.25, 0.3) is 0 Å². The Morgan fingerprint density at radius 3 is 2.43 bits per heavy atom. The minimum absolute atomic E-state index is 0.0181. The molecule has 0 bridgehead atoms. The van der Waals surface area contributed by atoms with Gasteiger partial charge in [0.25, 0.3) is 0 Å². The average molecular weight is 536 g/mol. The molecule has 0 aliphatic heterocycles. The highest BCUT2D eigenvalue weighted by Gasteiger charge is 2.16. The molecule has 0 unspecified atom stereocenters. The Morgan fingerprint density at radius 1 is 1.00 bits per heavy atom. The molecule has 0 radical (unpaired) electrons. The van der Waals surface area contributed by atoms with Crippen LogP contribution in [-0.4, -0.2) is 44.4 Å². The zero-order chi connectivity index (χ0) is 25.5. The molecule has 2 aromatic carbocycles. The van der Waals surface area contributed by atoms with Crippen molar-refractivity contribution in [1.29, 1.82) is 0 Å². The number of carbonyl (C=O) groups excluding carboxylic acids is 3. The van der Waals surface area contributed by atoms with E-state index in [4.69, 9.17) is 27.9 Å². The van der Waals surface area contributed by atoms with Gasteiger partial charge < -0.3 is 19.9 Å². The van der Waals surface area contributed by atoms with Gasteiger partial charge in [-0.1, -0.05) is 41.0 Å². The molecule has 0 saturated heterocycles. The molecule has 9 nitrogen and oxygen atoms in total. The van der Waals surface area contributed by atoms with E-state index in [9.17, 15) is 14.4 Å². The van der Waals surface area contributed by atoms with Crippen molar-refractivity contribution in [3.8, 4) is 0 Å². The van der Waals surface area contributed by atoms with Crippen molar-refractivity contribution in [3.63, 3.8) is 0 Å². The molecule has 35 heavy (non-hydrogen) atoms. The third-order valence-electron chi connectivity index (χ3n) is 4.50. The lowest BCUT2D eigenvalue weighted by Gasteiger charge is -2.10. The van der Waals surface area contributed by atoms with Crippen molar-refractivity contribution in [2.75, 3.05) is 16.4 Å². The van der Waals surface area contributed by atoms with Gasteiger partial charge in [-0.3, -0.25) is 9.59 Å². The fraction of sp³-hybridized carbons (Fsp3) is 0.261. The number of hydrogen-bond acceptors (Lipinski definition) is 7.